The second-order valence-corrected chi connectivity index (χ2v) is 8.41. The van der Waals surface area contributed by atoms with Crippen LogP contribution in [-0.4, -0.2) is 43.2 Å². The summed E-state index contributed by atoms with van der Waals surface area (Å²) in [6.45, 7) is 4.42. The Labute approximate surface area is 212 Å². The van der Waals surface area contributed by atoms with E-state index in [1.807, 2.05) is 12.1 Å². The van der Waals surface area contributed by atoms with Crippen LogP contribution in [0.2, 0.25) is 0 Å². The molecule has 0 saturated carbocycles. The average Bonchev–Trinajstić information content (AvgIpc) is 2.81. The highest BCUT2D eigenvalue weighted by molar-refractivity contribution is 5.70. The van der Waals surface area contributed by atoms with E-state index in [-0.39, 0.29) is 17.1 Å². The molecule has 3 rings (SSSR count). The van der Waals surface area contributed by atoms with Crippen molar-refractivity contribution in [2.45, 2.75) is 65.0 Å². The van der Waals surface area contributed by atoms with Gasteiger partial charge in [-0.15, -0.1) is 0 Å². The lowest BCUT2D eigenvalue weighted by molar-refractivity contribution is -0.207. The Balaban J connectivity index is 2.11. The van der Waals surface area contributed by atoms with Crippen LogP contribution in [0, 0.1) is 0 Å². The number of rotatable bonds is 8. The third kappa shape index (κ3) is 6.75. The number of benzene rings is 1. The first kappa shape index (κ1) is 27.4. The average molecular weight is 516 g/mol. The predicted octanol–water partition coefficient (Wildman–Crippen LogP) is 2.52. The van der Waals surface area contributed by atoms with Gasteiger partial charge in [-0.3, -0.25) is 24.0 Å². The fourth-order valence-corrected chi connectivity index (χ4v) is 4.15. The molecule has 0 radical (unpaired) electrons. The van der Waals surface area contributed by atoms with Crippen molar-refractivity contribution in [2.24, 2.45) is 0 Å². The van der Waals surface area contributed by atoms with Crippen molar-refractivity contribution in [3.8, 4) is 5.75 Å². The maximum absolute atomic E-state index is 13.3. The first-order chi connectivity index (χ1) is 17.5. The van der Waals surface area contributed by atoms with E-state index in [9.17, 15) is 24.0 Å². The number of carbonyl (C=O) groups is 4. The van der Waals surface area contributed by atoms with Crippen molar-refractivity contribution in [1.82, 2.24) is 0 Å². The Morgan fingerprint density at radius 2 is 1.27 bits per heavy atom. The van der Waals surface area contributed by atoms with Gasteiger partial charge in [-0.1, -0.05) is 12.1 Å². The third-order valence-corrected chi connectivity index (χ3v) is 5.54. The van der Waals surface area contributed by atoms with Gasteiger partial charge < -0.3 is 28.1 Å². The summed E-state index contributed by atoms with van der Waals surface area (Å²) in [5.41, 5.74) is 0.181. The second kappa shape index (κ2) is 11.7. The number of esters is 4. The van der Waals surface area contributed by atoms with Crippen molar-refractivity contribution < 1.29 is 47.3 Å². The van der Waals surface area contributed by atoms with Crippen molar-refractivity contribution >= 4 is 23.9 Å². The molecular formula is C26H28O11. The maximum Gasteiger partial charge on any atom is 0.303 e. The van der Waals surface area contributed by atoms with E-state index in [0.717, 1.165) is 33.3 Å². The van der Waals surface area contributed by atoms with Gasteiger partial charge in [-0.05, 0) is 24.1 Å². The van der Waals surface area contributed by atoms with Gasteiger partial charge in [-0.2, -0.15) is 0 Å². The minimum absolute atomic E-state index is 0.159. The summed E-state index contributed by atoms with van der Waals surface area (Å²) < 4.78 is 32.6. The van der Waals surface area contributed by atoms with Crippen LogP contribution in [0.4, 0.5) is 0 Å². The first-order valence-electron chi connectivity index (χ1n) is 11.5. The highest BCUT2D eigenvalue weighted by Gasteiger charge is 2.53. The predicted molar refractivity (Wildman–Crippen MR) is 126 cm³/mol. The van der Waals surface area contributed by atoms with Crippen LogP contribution in [0.3, 0.4) is 0 Å². The molecular weight excluding hydrogens is 488 g/mol. The molecule has 0 N–H and O–H groups in total. The van der Waals surface area contributed by atoms with Gasteiger partial charge in [0, 0.05) is 40.2 Å². The van der Waals surface area contributed by atoms with E-state index >= 15 is 0 Å². The highest BCUT2D eigenvalue weighted by atomic mass is 16.6. The topological polar surface area (TPSA) is 145 Å². The van der Waals surface area contributed by atoms with Crippen LogP contribution >= 0.6 is 0 Å². The van der Waals surface area contributed by atoms with E-state index in [1.54, 1.807) is 19.2 Å². The summed E-state index contributed by atoms with van der Waals surface area (Å²) in [7, 11) is 1.56. The summed E-state index contributed by atoms with van der Waals surface area (Å²) in [6.07, 6.45) is -5.05. The molecule has 37 heavy (non-hydrogen) atoms. The molecule has 0 saturated heterocycles. The molecule has 2 aromatic rings. The quantitative estimate of drug-likeness (QED) is 0.377. The lowest BCUT2D eigenvalue weighted by atomic mass is 9.86. The third-order valence-electron chi connectivity index (χ3n) is 5.54. The molecule has 0 unspecified atom stereocenters. The highest BCUT2D eigenvalue weighted by Crippen LogP contribution is 2.43. The molecule has 11 heteroatoms. The lowest BCUT2D eigenvalue weighted by Crippen LogP contribution is -2.50. The monoisotopic (exact) mass is 516 g/mol. The maximum atomic E-state index is 13.3. The smallest absolute Gasteiger partial charge is 0.303 e. The normalized spacial score (nSPS) is 20.2. The van der Waals surface area contributed by atoms with Crippen LogP contribution < -0.4 is 10.2 Å². The van der Waals surface area contributed by atoms with Crippen LogP contribution in [0.25, 0.3) is 0 Å². The van der Waals surface area contributed by atoms with Crippen LogP contribution in [0.1, 0.15) is 62.6 Å². The van der Waals surface area contributed by atoms with E-state index in [1.165, 1.54) is 6.07 Å². The molecule has 0 amide bonds. The molecule has 1 aliphatic rings. The molecule has 0 fully saturated rings. The molecule has 1 aromatic carbocycles. The fourth-order valence-electron chi connectivity index (χ4n) is 4.15. The molecule has 198 valence electrons. The van der Waals surface area contributed by atoms with Gasteiger partial charge in [-0.25, -0.2) is 0 Å². The van der Waals surface area contributed by atoms with Gasteiger partial charge in [0.05, 0.1) is 12.7 Å². The van der Waals surface area contributed by atoms with Crippen molar-refractivity contribution in [3.05, 3.63) is 63.2 Å². The van der Waals surface area contributed by atoms with Gasteiger partial charge in [0.15, 0.2) is 29.5 Å². The number of fused-ring (bicyclic) bond motifs is 1. The molecule has 0 spiro atoms. The number of aryl methyl sites for hydroxylation is 2. The molecule has 1 aliphatic carbocycles. The zero-order valence-corrected chi connectivity index (χ0v) is 21.1. The van der Waals surface area contributed by atoms with Crippen molar-refractivity contribution in [2.75, 3.05) is 7.11 Å². The molecule has 1 aromatic heterocycles. The van der Waals surface area contributed by atoms with Crippen LogP contribution in [0.15, 0.2) is 39.5 Å². The summed E-state index contributed by atoms with van der Waals surface area (Å²) in [4.78, 5) is 61.1. The summed E-state index contributed by atoms with van der Waals surface area (Å²) in [6, 6.07) is 8.58. The SMILES string of the molecule is COc1ccc(CCc2cc(=O)c3c(o2)[C@@H](OC(C)=O)[C@H](OC(C)=O)[C@H](OC(C)=O)[C@@H]3OC(C)=O)cc1. The van der Waals surface area contributed by atoms with E-state index in [4.69, 9.17) is 28.1 Å². The van der Waals surface area contributed by atoms with Crippen molar-refractivity contribution in [1.29, 1.82) is 0 Å². The van der Waals surface area contributed by atoms with Gasteiger partial charge in [0.25, 0.3) is 0 Å². The summed E-state index contributed by atoms with van der Waals surface area (Å²) in [5, 5.41) is 0. The minimum atomic E-state index is -1.48. The van der Waals surface area contributed by atoms with Gasteiger partial charge >= 0.3 is 23.9 Å². The fraction of sp³-hybridized carbons (Fsp3) is 0.423. The largest absolute Gasteiger partial charge is 0.497 e. The minimum Gasteiger partial charge on any atom is -0.497 e. The summed E-state index contributed by atoms with van der Waals surface area (Å²) >= 11 is 0. The molecule has 0 bridgehead atoms. The number of carbonyl (C=O) groups excluding carboxylic acids is 4. The van der Waals surface area contributed by atoms with Gasteiger partial charge in [0.2, 0.25) is 6.10 Å². The van der Waals surface area contributed by atoms with Crippen LogP contribution in [0.5, 0.6) is 5.75 Å². The van der Waals surface area contributed by atoms with E-state index in [2.05, 4.69) is 0 Å². The Morgan fingerprint density at radius 1 is 0.757 bits per heavy atom. The number of ether oxygens (including phenoxy) is 5. The molecule has 0 aliphatic heterocycles. The Hall–Kier alpha value is -4.15. The lowest BCUT2D eigenvalue weighted by Gasteiger charge is -2.39. The standard InChI is InChI=1S/C26H28O11/c1-13(27)33-22-21-20(31)12-19(11-8-17-6-9-18(32-5)10-7-17)37-23(21)25(35-15(3)29)26(36-16(4)30)24(22)34-14(2)28/h6-7,9-10,12,22,24-26H,8,11H2,1-5H3/t22-,24-,25-,26-/m1/s1. The van der Waals surface area contributed by atoms with E-state index in [0.29, 0.717) is 18.6 Å². The van der Waals surface area contributed by atoms with E-state index < -0.39 is 53.7 Å². The molecule has 11 nitrogen and oxygen atoms in total. The Morgan fingerprint density at radius 3 is 1.78 bits per heavy atom. The first-order valence-corrected chi connectivity index (χ1v) is 11.5. The molecule has 1 heterocycles. The second-order valence-electron chi connectivity index (χ2n) is 8.41. The molecule has 4 atom stereocenters. The zero-order chi connectivity index (χ0) is 27.3. The summed E-state index contributed by atoms with van der Waals surface area (Å²) in [5.74, 6) is -2.36. The Bertz CT molecular complexity index is 1230. The number of hydrogen-bond donors (Lipinski definition) is 0. The van der Waals surface area contributed by atoms with Gasteiger partial charge in [0.1, 0.15) is 11.5 Å². The Kier molecular flexibility index (Phi) is 8.69. The number of methoxy groups -OCH3 is 1. The number of hydrogen-bond acceptors (Lipinski definition) is 11. The van der Waals surface area contributed by atoms with Crippen LogP contribution in [-0.2, 0) is 51.0 Å². The zero-order valence-electron chi connectivity index (χ0n) is 21.1. The van der Waals surface area contributed by atoms with Crippen molar-refractivity contribution in [3.63, 3.8) is 0 Å².